The maximum absolute atomic E-state index is 13.0. The van der Waals surface area contributed by atoms with Gasteiger partial charge in [-0.3, -0.25) is 14.5 Å². The number of hydrogen-bond donors (Lipinski definition) is 1. The lowest BCUT2D eigenvalue weighted by atomic mass is 10.0. The van der Waals surface area contributed by atoms with Gasteiger partial charge in [-0.1, -0.05) is 43.5 Å². The molecule has 0 aromatic heterocycles. The third-order valence-corrected chi connectivity index (χ3v) is 6.45. The Hall–Kier alpha value is -1.88. The predicted molar refractivity (Wildman–Crippen MR) is 105 cm³/mol. The van der Waals surface area contributed by atoms with Crippen molar-refractivity contribution < 1.29 is 9.59 Å². The highest BCUT2D eigenvalue weighted by molar-refractivity contribution is 5.89. The summed E-state index contributed by atoms with van der Waals surface area (Å²) in [6, 6.07) is 8.58. The third kappa shape index (κ3) is 4.18. The zero-order valence-corrected chi connectivity index (χ0v) is 16.2. The number of rotatable bonds is 3. The van der Waals surface area contributed by atoms with Gasteiger partial charge in [-0.05, 0) is 36.8 Å². The first-order valence-corrected chi connectivity index (χ1v) is 10.6. The maximum atomic E-state index is 13.0. The molecular weight excluding hydrogens is 338 g/mol. The molecule has 146 valence electrons. The lowest BCUT2D eigenvalue weighted by Crippen LogP contribution is -2.60. The number of nitrogens with one attached hydrogen (secondary N) is 1. The molecule has 2 fully saturated rings. The summed E-state index contributed by atoms with van der Waals surface area (Å²) in [5.41, 5.74) is 2.78. The van der Waals surface area contributed by atoms with E-state index >= 15 is 0 Å². The largest absolute Gasteiger partial charge is 0.353 e. The molecule has 3 aliphatic rings. The summed E-state index contributed by atoms with van der Waals surface area (Å²) in [7, 11) is 0. The number of fused-ring (bicyclic) bond motifs is 1. The molecule has 1 aliphatic carbocycles. The molecule has 1 unspecified atom stereocenters. The van der Waals surface area contributed by atoms with Crippen molar-refractivity contribution in [2.75, 3.05) is 26.2 Å². The minimum Gasteiger partial charge on any atom is -0.353 e. The van der Waals surface area contributed by atoms with E-state index in [1.54, 1.807) is 0 Å². The second-order valence-corrected chi connectivity index (χ2v) is 8.23. The van der Waals surface area contributed by atoms with Crippen molar-refractivity contribution in [3.63, 3.8) is 0 Å². The Balaban J connectivity index is 1.44. The average molecular weight is 370 g/mol. The van der Waals surface area contributed by atoms with Crippen LogP contribution < -0.4 is 5.32 Å². The van der Waals surface area contributed by atoms with E-state index in [9.17, 15) is 9.59 Å². The number of benzene rings is 1. The molecule has 0 saturated carbocycles. The molecule has 2 saturated heterocycles. The van der Waals surface area contributed by atoms with Crippen LogP contribution in [0.25, 0.3) is 0 Å². The van der Waals surface area contributed by atoms with E-state index in [0.717, 1.165) is 45.3 Å². The zero-order valence-electron chi connectivity index (χ0n) is 16.2. The van der Waals surface area contributed by atoms with Crippen molar-refractivity contribution in [2.24, 2.45) is 0 Å². The number of amides is 2. The van der Waals surface area contributed by atoms with Crippen LogP contribution in [0.5, 0.6) is 0 Å². The van der Waals surface area contributed by atoms with Gasteiger partial charge in [0.25, 0.3) is 0 Å². The average Bonchev–Trinajstić information content (AvgIpc) is 3.07. The maximum Gasteiger partial charge on any atom is 0.237 e. The summed E-state index contributed by atoms with van der Waals surface area (Å²) in [5.74, 6) is 0.178. The van der Waals surface area contributed by atoms with E-state index in [1.807, 2.05) is 4.90 Å². The normalized spacial score (nSPS) is 24.8. The molecule has 2 amide bonds. The van der Waals surface area contributed by atoms with Crippen LogP contribution in [0.15, 0.2) is 24.3 Å². The van der Waals surface area contributed by atoms with Gasteiger partial charge in [0.15, 0.2) is 0 Å². The Kier molecular flexibility index (Phi) is 5.77. The van der Waals surface area contributed by atoms with Gasteiger partial charge in [-0.15, -0.1) is 0 Å². The number of piperazine rings is 1. The highest BCUT2D eigenvalue weighted by atomic mass is 16.2. The van der Waals surface area contributed by atoms with Crippen molar-refractivity contribution in [2.45, 2.75) is 63.5 Å². The second-order valence-electron chi connectivity index (χ2n) is 8.23. The first-order chi connectivity index (χ1) is 13.2. The molecule has 1 aromatic carbocycles. The van der Waals surface area contributed by atoms with Crippen LogP contribution in [0.1, 0.15) is 49.7 Å². The summed E-state index contributed by atoms with van der Waals surface area (Å²) in [5, 5.41) is 2.99. The summed E-state index contributed by atoms with van der Waals surface area (Å²) in [6.45, 7) is 3.21. The first-order valence-electron chi connectivity index (χ1n) is 10.6. The molecule has 1 aromatic rings. The molecule has 0 radical (unpaired) electrons. The van der Waals surface area contributed by atoms with Gasteiger partial charge < -0.3 is 10.2 Å². The minimum absolute atomic E-state index is 0.0256. The van der Waals surface area contributed by atoms with E-state index in [2.05, 4.69) is 34.5 Å². The Morgan fingerprint density at radius 3 is 2.26 bits per heavy atom. The fourth-order valence-electron chi connectivity index (χ4n) is 4.94. The number of carbonyl (C=O) groups excluding carboxylic acids is 2. The summed E-state index contributed by atoms with van der Waals surface area (Å²) in [6.07, 6.45) is 8.16. The fourth-order valence-corrected chi connectivity index (χ4v) is 4.94. The van der Waals surface area contributed by atoms with Crippen LogP contribution in [0.4, 0.5) is 0 Å². The quantitative estimate of drug-likeness (QED) is 0.888. The van der Waals surface area contributed by atoms with E-state index in [1.165, 1.54) is 30.4 Å². The van der Waals surface area contributed by atoms with Crippen molar-refractivity contribution in [1.29, 1.82) is 0 Å². The van der Waals surface area contributed by atoms with E-state index in [-0.39, 0.29) is 17.9 Å². The molecule has 0 bridgehead atoms. The lowest BCUT2D eigenvalue weighted by Gasteiger charge is -2.39. The van der Waals surface area contributed by atoms with E-state index < -0.39 is 0 Å². The minimum atomic E-state index is -0.323. The first kappa shape index (κ1) is 18.5. The molecule has 0 spiro atoms. The van der Waals surface area contributed by atoms with Gasteiger partial charge in [0.1, 0.15) is 0 Å². The van der Waals surface area contributed by atoms with Gasteiger partial charge in [-0.2, -0.15) is 0 Å². The molecule has 1 N–H and O–H groups in total. The Bertz CT molecular complexity index is 657. The molecule has 5 heteroatoms. The summed E-state index contributed by atoms with van der Waals surface area (Å²) < 4.78 is 0. The van der Waals surface area contributed by atoms with Crippen molar-refractivity contribution in [3.8, 4) is 0 Å². The smallest absolute Gasteiger partial charge is 0.237 e. The predicted octanol–water partition coefficient (Wildman–Crippen LogP) is 2.14. The fraction of sp³-hybridized carbons (Fsp3) is 0.636. The van der Waals surface area contributed by atoms with Crippen LogP contribution in [0.2, 0.25) is 0 Å². The molecule has 2 heterocycles. The van der Waals surface area contributed by atoms with Gasteiger partial charge in [0.2, 0.25) is 11.8 Å². The zero-order chi connectivity index (χ0) is 18.6. The molecule has 2 aliphatic heterocycles. The molecule has 27 heavy (non-hydrogen) atoms. The van der Waals surface area contributed by atoms with Crippen molar-refractivity contribution >= 4 is 11.8 Å². The number of nitrogens with zero attached hydrogens (tertiary/aromatic N) is 2. The van der Waals surface area contributed by atoms with E-state index in [4.69, 9.17) is 0 Å². The highest BCUT2D eigenvalue weighted by Gasteiger charge is 2.38. The van der Waals surface area contributed by atoms with E-state index in [0.29, 0.717) is 19.0 Å². The Labute approximate surface area is 162 Å². The van der Waals surface area contributed by atoms with Crippen LogP contribution in [-0.2, 0) is 22.4 Å². The van der Waals surface area contributed by atoms with Crippen LogP contribution >= 0.6 is 0 Å². The van der Waals surface area contributed by atoms with Gasteiger partial charge in [0.05, 0.1) is 12.5 Å². The van der Waals surface area contributed by atoms with Crippen molar-refractivity contribution in [3.05, 3.63) is 35.4 Å². The summed E-state index contributed by atoms with van der Waals surface area (Å²) >= 11 is 0. The van der Waals surface area contributed by atoms with Gasteiger partial charge in [-0.25, -0.2) is 0 Å². The van der Waals surface area contributed by atoms with Crippen LogP contribution in [0, 0.1) is 0 Å². The Morgan fingerprint density at radius 2 is 1.59 bits per heavy atom. The van der Waals surface area contributed by atoms with Crippen LogP contribution in [0.3, 0.4) is 0 Å². The topological polar surface area (TPSA) is 52.7 Å². The van der Waals surface area contributed by atoms with Gasteiger partial charge in [0, 0.05) is 32.2 Å². The molecule has 1 atom stereocenters. The third-order valence-electron chi connectivity index (χ3n) is 6.45. The monoisotopic (exact) mass is 369 g/mol. The number of carbonyl (C=O) groups is 2. The Morgan fingerprint density at radius 1 is 0.963 bits per heavy atom. The number of likely N-dealkylation sites (tertiary alicyclic amines) is 1. The highest BCUT2D eigenvalue weighted by Crippen LogP contribution is 2.28. The second kappa shape index (κ2) is 8.42. The molecular formula is C22H31N3O2. The van der Waals surface area contributed by atoms with Gasteiger partial charge >= 0.3 is 0 Å². The van der Waals surface area contributed by atoms with Crippen molar-refractivity contribution in [1.82, 2.24) is 15.1 Å². The molecule has 4 rings (SSSR count). The number of hydrogen-bond acceptors (Lipinski definition) is 3. The SMILES string of the molecule is O=C1NCCN(C2Cc3ccccc3C2)C1CC(=O)N1CCCCCCC1. The molecule has 5 nitrogen and oxygen atoms in total. The summed E-state index contributed by atoms with van der Waals surface area (Å²) in [4.78, 5) is 29.9. The van der Waals surface area contributed by atoms with Crippen LogP contribution in [-0.4, -0.2) is 59.9 Å². The lowest BCUT2D eigenvalue weighted by molar-refractivity contribution is -0.140. The standard InChI is InChI=1S/C22H31N3O2/c26-21(24-11-6-2-1-3-7-12-24)16-20-22(27)23-10-13-25(20)19-14-17-8-4-5-9-18(17)15-19/h4-5,8-9,19-20H,1-3,6-7,10-16H2,(H,23,27).